The summed E-state index contributed by atoms with van der Waals surface area (Å²) >= 11 is 1.42. The molecule has 1 heterocycles. The van der Waals surface area contributed by atoms with Gasteiger partial charge in [0.2, 0.25) is 0 Å². The Kier molecular flexibility index (Phi) is 4.69. The highest BCUT2D eigenvalue weighted by atomic mass is 32.2. The Morgan fingerprint density at radius 2 is 1.81 bits per heavy atom. The van der Waals surface area contributed by atoms with E-state index in [0.29, 0.717) is 0 Å². The second-order valence-electron chi connectivity index (χ2n) is 4.23. The number of rotatable bonds is 4. The number of likely N-dealkylation sites (tertiary alicyclic amines) is 1. The SMILES string of the molecule is COSc1ccc(CN2CCCCC2)cc1. The standard InChI is InChI=1S/C13H19NOS/c1-15-16-13-7-5-12(6-8-13)11-14-9-3-2-4-10-14/h5-8H,2-4,9-11H2,1H3. The van der Waals surface area contributed by atoms with E-state index in [-0.39, 0.29) is 0 Å². The van der Waals surface area contributed by atoms with E-state index >= 15 is 0 Å². The average Bonchev–Trinajstić information content (AvgIpc) is 2.33. The first-order valence-corrected chi connectivity index (χ1v) is 6.64. The quantitative estimate of drug-likeness (QED) is 0.745. The molecule has 1 saturated heterocycles. The minimum absolute atomic E-state index is 1.10. The van der Waals surface area contributed by atoms with Crippen LogP contribution in [-0.2, 0) is 10.7 Å². The van der Waals surface area contributed by atoms with Gasteiger partial charge >= 0.3 is 0 Å². The molecule has 0 atom stereocenters. The zero-order valence-electron chi connectivity index (χ0n) is 9.82. The van der Waals surface area contributed by atoms with Gasteiger partial charge in [-0.05, 0) is 43.6 Å². The van der Waals surface area contributed by atoms with Crippen LogP contribution in [0.5, 0.6) is 0 Å². The molecule has 1 fully saturated rings. The lowest BCUT2D eigenvalue weighted by atomic mass is 10.1. The summed E-state index contributed by atoms with van der Waals surface area (Å²) in [6.07, 6.45) is 4.12. The van der Waals surface area contributed by atoms with Gasteiger partial charge in [0.15, 0.2) is 0 Å². The van der Waals surface area contributed by atoms with Crippen molar-refractivity contribution in [2.45, 2.75) is 30.7 Å². The summed E-state index contributed by atoms with van der Waals surface area (Å²) in [4.78, 5) is 3.71. The van der Waals surface area contributed by atoms with Gasteiger partial charge in [0.25, 0.3) is 0 Å². The van der Waals surface area contributed by atoms with Crippen LogP contribution < -0.4 is 0 Å². The second-order valence-corrected chi connectivity index (χ2v) is 5.20. The van der Waals surface area contributed by atoms with Crippen LogP contribution in [0.4, 0.5) is 0 Å². The van der Waals surface area contributed by atoms with Crippen molar-refractivity contribution in [2.75, 3.05) is 20.2 Å². The van der Waals surface area contributed by atoms with Crippen LogP contribution in [0.15, 0.2) is 29.2 Å². The fraction of sp³-hybridized carbons (Fsp3) is 0.538. The molecule has 1 aromatic carbocycles. The highest BCUT2D eigenvalue weighted by molar-refractivity contribution is 7.94. The molecular formula is C13H19NOS. The Morgan fingerprint density at radius 3 is 2.44 bits per heavy atom. The maximum Gasteiger partial charge on any atom is 0.0508 e. The maximum absolute atomic E-state index is 5.02. The number of benzene rings is 1. The average molecular weight is 237 g/mol. The van der Waals surface area contributed by atoms with Crippen molar-refractivity contribution in [1.29, 1.82) is 0 Å². The van der Waals surface area contributed by atoms with Gasteiger partial charge in [0.05, 0.1) is 7.11 Å². The first-order valence-electron chi connectivity index (χ1n) is 5.90. The molecule has 16 heavy (non-hydrogen) atoms. The molecule has 1 aliphatic rings. The number of hydrogen-bond acceptors (Lipinski definition) is 3. The van der Waals surface area contributed by atoms with Crippen molar-refractivity contribution < 1.29 is 4.18 Å². The molecule has 0 amide bonds. The van der Waals surface area contributed by atoms with E-state index in [4.69, 9.17) is 4.18 Å². The van der Waals surface area contributed by atoms with E-state index in [1.165, 1.54) is 54.9 Å². The first kappa shape index (κ1) is 12.0. The van der Waals surface area contributed by atoms with Gasteiger partial charge in [0.1, 0.15) is 0 Å². The molecule has 0 bridgehead atoms. The fourth-order valence-corrected chi connectivity index (χ4v) is 2.56. The summed E-state index contributed by atoms with van der Waals surface area (Å²) in [5, 5.41) is 0. The van der Waals surface area contributed by atoms with Crippen LogP contribution in [0.3, 0.4) is 0 Å². The smallest absolute Gasteiger partial charge is 0.0508 e. The van der Waals surface area contributed by atoms with Gasteiger partial charge in [-0.1, -0.05) is 18.6 Å². The Morgan fingerprint density at radius 1 is 1.12 bits per heavy atom. The molecule has 0 aliphatic carbocycles. The Balaban J connectivity index is 1.88. The van der Waals surface area contributed by atoms with Gasteiger partial charge < -0.3 is 4.18 Å². The molecule has 0 N–H and O–H groups in total. The van der Waals surface area contributed by atoms with Crippen LogP contribution in [0.2, 0.25) is 0 Å². The van der Waals surface area contributed by atoms with E-state index in [2.05, 4.69) is 29.2 Å². The zero-order chi connectivity index (χ0) is 11.2. The highest BCUT2D eigenvalue weighted by Gasteiger charge is 2.09. The molecule has 88 valence electrons. The predicted molar refractivity (Wildman–Crippen MR) is 68.4 cm³/mol. The van der Waals surface area contributed by atoms with Gasteiger partial charge in [-0.25, -0.2) is 0 Å². The first-order chi connectivity index (χ1) is 7.88. The minimum Gasteiger partial charge on any atom is -0.314 e. The maximum atomic E-state index is 5.02. The molecule has 0 spiro atoms. The third kappa shape index (κ3) is 3.51. The van der Waals surface area contributed by atoms with Crippen LogP contribution in [-0.4, -0.2) is 25.1 Å². The Hall–Kier alpha value is -0.510. The fourth-order valence-electron chi connectivity index (χ4n) is 2.12. The molecule has 0 unspecified atom stereocenters. The Bertz CT molecular complexity index is 306. The van der Waals surface area contributed by atoms with Crippen molar-refractivity contribution in [3.63, 3.8) is 0 Å². The largest absolute Gasteiger partial charge is 0.314 e. The Labute approximate surface area is 102 Å². The van der Waals surface area contributed by atoms with Crippen LogP contribution in [0.1, 0.15) is 24.8 Å². The van der Waals surface area contributed by atoms with Crippen molar-refractivity contribution in [3.8, 4) is 0 Å². The van der Waals surface area contributed by atoms with Crippen LogP contribution in [0, 0.1) is 0 Å². The van der Waals surface area contributed by atoms with E-state index < -0.39 is 0 Å². The molecule has 0 aromatic heterocycles. The van der Waals surface area contributed by atoms with E-state index in [1.54, 1.807) is 7.11 Å². The zero-order valence-corrected chi connectivity index (χ0v) is 10.6. The molecule has 2 nitrogen and oxygen atoms in total. The van der Waals surface area contributed by atoms with Gasteiger partial charge in [-0.2, -0.15) is 0 Å². The van der Waals surface area contributed by atoms with Gasteiger partial charge in [-0.15, -0.1) is 0 Å². The number of piperidine rings is 1. The lowest BCUT2D eigenvalue weighted by molar-refractivity contribution is 0.221. The monoisotopic (exact) mass is 237 g/mol. The van der Waals surface area contributed by atoms with E-state index in [9.17, 15) is 0 Å². The molecule has 1 aromatic rings. The summed E-state index contributed by atoms with van der Waals surface area (Å²) < 4.78 is 5.02. The summed E-state index contributed by atoms with van der Waals surface area (Å²) in [5.41, 5.74) is 1.40. The van der Waals surface area contributed by atoms with Crippen molar-refractivity contribution >= 4 is 12.0 Å². The summed E-state index contributed by atoms with van der Waals surface area (Å²) in [5.74, 6) is 0. The van der Waals surface area contributed by atoms with Crippen LogP contribution in [0.25, 0.3) is 0 Å². The summed E-state index contributed by atoms with van der Waals surface area (Å²) in [6, 6.07) is 8.67. The topological polar surface area (TPSA) is 12.5 Å². The second kappa shape index (κ2) is 6.28. The number of hydrogen-bond donors (Lipinski definition) is 0. The molecule has 0 saturated carbocycles. The normalized spacial score (nSPS) is 17.6. The van der Waals surface area contributed by atoms with Crippen molar-refractivity contribution in [1.82, 2.24) is 4.90 Å². The van der Waals surface area contributed by atoms with E-state index in [0.717, 1.165) is 6.54 Å². The molecule has 1 aliphatic heterocycles. The summed E-state index contributed by atoms with van der Waals surface area (Å²) in [7, 11) is 1.70. The molecule has 3 heteroatoms. The van der Waals surface area contributed by atoms with Crippen molar-refractivity contribution in [2.24, 2.45) is 0 Å². The van der Waals surface area contributed by atoms with Gasteiger partial charge in [0, 0.05) is 23.5 Å². The minimum atomic E-state index is 1.10. The summed E-state index contributed by atoms with van der Waals surface area (Å²) in [6.45, 7) is 3.61. The predicted octanol–water partition coefficient (Wildman–Crippen LogP) is 3.33. The highest BCUT2D eigenvalue weighted by Crippen LogP contribution is 2.19. The number of nitrogens with zero attached hydrogens (tertiary/aromatic N) is 1. The lowest BCUT2D eigenvalue weighted by Gasteiger charge is -2.26. The van der Waals surface area contributed by atoms with Crippen LogP contribution >= 0.6 is 12.0 Å². The van der Waals surface area contributed by atoms with Gasteiger partial charge in [-0.3, -0.25) is 4.90 Å². The van der Waals surface area contributed by atoms with Crippen molar-refractivity contribution in [3.05, 3.63) is 29.8 Å². The molecule has 2 rings (SSSR count). The lowest BCUT2D eigenvalue weighted by Crippen LogP contribution is -2.28. The third-order valence-corrected chi connectivity index (χ3v) is 3.59. The molecule has 0 radical (unpaired) electrons. The van der Waals surface area contributed by atoms with E-state index in [1.807, 2.05) is 0 Å². The molecular weight excluding hydrogens is 218 g/mol. The third-order valence-electron chi connectivity index (χ3n) is 2.96.